The third-order valence-corrected chi connectivity index (χ3v) is 7.65. The topological polar surface area (TPSA) is 47.9 Å². The molecule has 1 N–H and O–H groups in total. The summed E-state index contributed by atoms with van der Waals surface area (Å²) in [6.45, 7) is 9.70. The molecular formula is C28H30O4. The Bertz CT molecular complexity index is 1270. The number of phenols is 1. The van der Waals surface area contributed by atoms with Gasteiger partial charge in [-0.3, -0.25) is 0 Å². The largest absolute Gasteiger partial charge is 0.507 e. The maximum absolute atomic E-state index is 11.3. The maximum atomic E-state index is 11.3. The van der Waals surface area contributed by atoms with E-state index in [0.29, 0.717) is 17.2 Å². The fourth-order valence-corrected chi connectivity index (χ4v) is 7.48. The molecule has 1 heterocycles. The average molecular weight is 431 g/mol. The lowest BCUT2D eigenvalue weighted by Gasteiger charge is -2.51. The highest BCUT2D eigenvalue weighted by molar-refractivity contribution is 6.10. The van der Waals surface area contributed by atoms with Gasteiger partial charge in [0.05, 0.1) is 7.11 Å². The zero-order valence-electron chi connectivity index (χ0n) is 19.5. The van der Waals surface area contributed by atoms with E-state index >= 15 is 0 Å². The summed E-state index contributed by atoms with van der Waals surface area (Å²) in [7, 11) is 1.62. The Hall–Kier alpha value is -2.88. The van der Waals surface area contributed by atoms with E-state index in [0.717, 1.165) is 23.6 Å². The van der Waals surface area contributed by atoms with Crippen molar-refractivity contribution in [2.45, 2.75) is 52.4 Å². The fourth-order valence-electron chi connectivity index (χ4n) is 7.48. The van der Waals surface area contributed by atoms with Gasteiger partial charge in [-0.25, -0.2) is 0 Å². The minimum Gasteiger partial charge on any atom is -0.507 e. The van der Waals surface area contributed by atoms with Gasteiger partial charge in [-0.1, -0.05) is 52.0 Å². The molecule has 0 saturated heterocycles. The number of methoxy groups -OCH3 is 1. The summed E-state index contributed by atoms with van der Waals surface area (Å²) in [6, 6.07) is 12.7. The van der Waals surface area contributed by atoms with E-state index < -0.39 is 0 Å². The van der Waals surface area contributed by atoms with Crippen LogP contribution in [-0.2, 0) is 5.41 Å². The second-order valence-electron chi connectivity index (χ2n) is 11.4. The van der Waals surface area contributed by atoms with Crippen LogP contribution in [0.25, 0.3) is 21.9 Å². The number of hydrogen-bond donors (Lipinski definition) is 1. The second-order valence-corrected chi connectivity index (χ2v) is 11.4. The normalized spacial score (nSPS) is 20.9. The van der Waals surface area contributed by atoms with Crippen molar-refractivity contribution in [3.8, 4) is 34.1 Å². The maximum Gasteiger partial charge on any atom is 0.231 e. The number of aromatic hydroxyl groups is 1. The fraction of sp³-hybridized carbons (Fsp3) is 0.429. The Morgan fingerprint density at radius 3 is 2.28 bits per heavy atom. The third kappa shape index (κ3) is 2.49. The Morgan fingerprint density at radius 1 is 0.875 bits per heavy atom. The van der Waals surface area contributed by atoms with E-state index in [1.54, 1.807) is 7.11 Å². The Balaban J connectivity index is 1.76. The molecule has 1 fully saturated rings. The number of hydrogen-bond acceptors (Lipinski definition) is 4. The summed E-state index contributed by atoms with van der Waals surface area (Å²) >= 11 is 0. The van der Waals surface area contributed by atoms with Crippen molar-refractivity contribution in [3.05, 3.63) is 47.5 Å². The van der Waals surface area contributed by atoms with Gasteiger partial charge in [0.1, 0.15) is 5.75 Å². The molecule has 166 valence electrons. The molecule has 4 heteroatoms. The van der Waals surface area contributed by atoms with Gasteiger partial charge in [-0.05, 0) is 64.5 Å². The molecule has 1 spiro atoms. The van der Waals surface area contributed by atoms with E-state index in [4.69, 9.17) is 14.2 Å². The first-order valence-corrected chi connectivity index (χ1v) is 11.4. The van der Waals surface area contributed by atoms with Crippen molar-refractivity contribution in [1.82, 2.24) is 0 Å². The molecular weight excluding hydrogens is 400 g/mol. The van der Waals surface area contributed by atoms with Crippen LogP contribution >= 0.6 is 0 Å². The molecule has 0 radical (unpaired) electrons. The lowest BCUT2D eigenvalue weighted by Crippen LogP contribution is -2.43. The quantitative estimate of drug-likeness (QED) is 0.462. The first kappa shape index (κ1) is 19.8. The molecule has 4 nitrogen and oxygen atoms in total. The lowest BCUT2D eigenvalue weighted by molar-refractivity contribution is 0.0645. The summed E-state index contributed by atoms with van der Waals surface area (Å²) in [5.74, 6) is 2.15. The highest BCUT2D eigenvalue weighted by Crippen LogP contribution is 2.66. The SMILES string of the molecule is COc1cc2c(O)cc3c(c2c2c1OCO2)-c1ccccc1C31CC(C)(C)CC(C)(C)C1. The van der Waals surface area contributed by atoms with Crippen molar-refractivity contribution < 1.29 is 19.3 Å². The molecule has 0 unspecified atom stereocenters. The Kier molecular flexibility index (Phi) is 3.78. The predicted octanol–water partition coefficient (Wildman–Crippen LogP) is 6.79. The second kappa shape index (κ2) is 6.12. The summed E-state index contributed by atoms with van der Waals surface area (Å²) in [5, 5.41) is 13.0. The van der Waals surface area contributed by atoms with Crippen molar-refractivity contribution in [1.29, 1.82) is 0 Å². The molecule has 2 aliphatic carbocycles. The predicted molar refractivity (Wildman–Crippen MR) is 126 cm³/mol. The van der Waals surface area contributed by atoms with Crippen LogP contribution in [-0.4, -0.2) is 19.0 Å². The van der Waals surface area contributed by atoms with Gasteiger partial charge in [0.15, 0.2) is 11.5 Å². The van der Waals surface area contributed by atoms with E-state index in [1.165, 1.54) is 28.7 Å². The molecule has 0 bridgehead atoms. The van der Waals surface area contributed by atoms with Crippen LogP contribution in [0.1, 0.15) is 58.1 Å². The number of fused-ring (bicyclic) bond motifs is 9. The van der Waals surface area contributed by atoms with Crippen LogP contribution in [0.5, 0.6) is 23.0 Å². The average Bonchev–Trinajstić information content (AvgIpc) is 3.28. The first-order chi connectivity index (χ1) is 15.2. The number of ether oxygens (including phenoxy) is 3. The van der Waals surface area contributed by atoms with E-state index in [2.05, 4.69) is 52.0 Å². The molecule has 3 aromatic carbocycles. The van der Waals surface area contributed by atoms with E-state index in [-0.39, 0.29) is 28.8 Å². The smallest absolute Gasteiger partial charge is 0.231 e. The lowest BCUT2D eigenvalue weighted by atomic mass is 9.52. The minimum atomic E-state index is -0.144. The number of benzene rings is 3. The van der Waals surface area contributed by atoms with Gasteiger partial charge in [0.25, 0.3) is 0 Å². The molecule has 32 heavy (non-hydrogen) atoms. The van der Waals surface area contributed by atoms with Gasteiger partial charge in [-0.15, -0.1) is 0 Å². The summed E-state index contributed by atoms with van der Waals surface area (Å²) in [4.78, 5) is 0. The summed E-state index contributed by atoms with van der Waals surface area (Å²) < 4.78 is 17.3. The zero-order valence-corrected chi connectivity index (χ0v) is 19.5. The molecule has 3 aliphatic rings. The van der Waals surface area contributed by atoms with Crippen molar-refractivity contribution in [2.75, 3.05) is 13.9 Å². The van der Waals surface area contributed by atoms with Gasteiger partial charge in [-0.2, -0.15) is 0 Å². The van der Waals surface area contributed by atoms with Crippen molar-refractivity contribution in [2.24, 2.45) is 10.8 Å². The van der Waals surface area contributed by atoms with Gasteiger partial charge in [0, 0.05) is 16.2 Å². The van der Waals surface area contributed by atoms with Crippen molar-refractivity contribution >= 4 is 10.8 Å². The van der Waals surface area contributed by atoms with Crippen LogP contribution < -0.4 is 14.2 Å². The summed E-state index contributed by atoms with van der Waals surface area (Å²) in [6.07, 6.45) is 3.28. The number of phenolic OH excluding ortho intramolecular Hbond substituents is 1. The Labute approximate surface area is 189 Å². The molecule has 0 aromatic heterocycles. The van der Waals surface area contributed by atoms with Crippen LogP contribution in [0, 0.1) is 10.8 Å². The van der Waals surface area contributed by atoms with E-state index in [1.807, 2.05) is 12.1 Å². The van der Waals surface area contributed by atoms with Crippen LogP contribution in [0.2, 0.25) is 0 Å². The molecule has 0 amide bonds. The van der Waals surface area contributed by atoms with Crippen LogP contribution in [0.4, 0.5) is 0 Å². The van der Waals surface area contributed by atoms with Crippen LogP contribution in [0.3, 0.4) is 0 Å². The minimum absolute atomic E-state index is 0.144. The van der Waals surface area contributed by atoms with Crippen LogP contribution in [0.15, 0.2) is 36.4 Å². The van der Waals surface area contributed by atoms with Gasteiger partial charge < -0.3 is 19.3 Å². The molecule has 3 aromatic rings. The zero-order chi connectivity index (χ0) is 22.5. The van der Waals surface area contributed by atoms with Gasteiger partial charge in [0.2, 0.25) is 12.5 Å². The summed E-state index contributed by atoms with van der Waals surface area (Å²) in [5.41, 5.74) is 5.22. The first-order valence-electron chi connectivity index (χ1n) is 11.4. The number of rotatable bonds is 1. The monoisotopic (exact) mass is 430 g/mol. The molecule has 6 rings (SSSR count). The third-order valence-electron chi connectivity index (χ3n) is 7.65. The Morgan fingerprint density at radius 2 is 1.56 bits per heavy atom. The molecule has 1 aliphatic heterocycles. The van der Waals surface area contributed by atoms with Crippen molar-refractivity contribution in [3.63, 3.8) is 0 Å². The highest BCUT2D eigenvalue weighted by Gasteiger charge is 2.54. The van der Waals surface area contributed by atoms with Gasteiger partial charge >= 0.3 is 0 Å². The molecule has 1 saturated carbocycles. The molecule has 0 atom stereocenters. The standard InChI is InChI=1S/C28H30O4/c1-26(2)12-27(3,4)14-28(13-26)18-9-7-6-8-16(18)22-19(28)11-20(29)17-10-21(30-5)24-25(23(17)22)32-15-31-24/h6-11,29H,12-15H2,1-5H3. The van der Waals surface area contributed by atoms with E-state index in [9.17, 15) is 5.11 Å². The highest BCUT2D eigenvalue weighted by atomic mass is 16.7.